The van der Waals surface area contributed by atoms with E-state index in [0.717, 1.165) is 0 Å². The summed E-state index contributed by atoms with van der Waals surface area (Å²) in [5, 5.41) is 1.02. The fourth-order valence-corrected chi connectivity index (χ4v) is 2.59. The Balaban J connectivity index is 2.16. The van der Waals surface area contributed by atoms with Crippen molar-refractivity contribution in [3.05, 3.63) is 62.6 Å². The monoisotopic (exact) mass is 308 g/mol. The minimum Gasteiger partial charge on any atom is -0.408 e. The van der Waals surface area contributed by atoms with Crippen LogP contribution in [0.5, 0.6) is 0 Å². The number of nitrogens with zero attached hydrogens (tertiary/aromatic N) is 1. The van der Waals surface area contributed by atoms with Crippen LogP contribution in [0.25, 0.3) is 11.1 Å². The molecule has 0 bridgehead atoms. The molecule has 6 heteroatoms. The zero-order valence-electron chi connectivity index (χ0n) is 10.3. The number of oxazole rings is 1. The van der Waals surface area contributed by atoms with Crippen molar-refractivity contribution in [3.63, 3.8) is 0 Å². The van der Waals surface area contributed by atoms with Crippen LogP contribution in [0.4, 0.5) is 5.69 Å². The molecule has 0 spiro atoms. The van der Waals surface area contributed by atoms with E-state index in [1.165, 1.54) is 4.57 Å². The number of benzene rings is 2. The average Bonchev–Trinajstić information content (AvgIpc) is 2.69. The molecular weight excluding hydrogens is 299 g/mol. The normalized spacial score (nSPS) is 11.1. The third-order valence-corrected chi connectivity index (χ3v) is 3.78. The molecule has 4 nitrogen and oxygen atoms in total. The highest BCUT2D eigenvalue weighted by molar-refractivity contribution is 6.36. The first-order valence-electron chi connectivity index (χ1n) is 5.88. The largest absolute Gasteiger partial charge is 0.420 e. The van der Waals surface area contributed by atoms with Gasteiger partial charge in [-0.3, -0.25) is 4.57 Å². The van der Waals surface area contributed by atoms with E-state index in [9.17, 15) is 4.79 Å². The zero-order valence-corrected chi connectivity index (χ0v) is 11.8. The van der Waals surface area contributed by atoms with Crippen LogP contribution in [0.1, 0.15) is 5.56 Å². The molecule has 1 aromatic heterocycles. The predicted molar refractivity (Wildman–Crippen MR) is 80.5 cm³/mol. The Morgan fingerprint density at radius 3 is 2.55 bits per heavy atom. The van der Waals surface area contributed by atoms with Crippen LogP contribution in [0.3, 0.4) is 0 Å². The standard InChI is InChI=1S/C14H10Cl2N2O2/c15-10-2-1-3-11(16)9(10)7-18-12-5-4-8(17)6-13(12)20-14(18)19/h1-6H,7,17H2. The molecule has 1 heterocycles. The lowest BCUT2D eigenvalue weighted by atomic mass is 10.2. The van der Waals surface area contributed by atoms with Gasteiger partial charge >= 0.3 is 5.76 Å². The predicted octanol–water partition coefficient (Wildman–Crippen LogP) is 3.53. The number of hydrogen-bond acceptors (Lipinski definition) is 3. The summed E-state index contributed by atoms with van der Waals surface area (Å²) in [6.07, 6.45) is 0. The maximum absolute atomic E-state index is 11.9. The van der Waals surface area contributed by atoms with Crippen LogP contribution in [0.2, 0.25) is 10.0 Å². The first kappa shape index (κ1) is 13.1. The molecule has 0 aliphatic carbocycles. The first-order chi connectivity index (χ1) is 9.56. The summed E-state index contributed by atoms with van der Waals surface area (Å²) in [5.41, 5.74) is 7.98. The lowest BCUT2D eigenvalue weighted by Gasteiger charge is -2.07. The molecule has 0 fully saturated rings. The van der Waals surface area contributed by atoms with Gasteiger partial charge in [0.1, 0.15) is 0 Å². The Kier molecular flexibility index (Phi) is 3.20. The van der Waals surface area contributed by atoms with Crippen molar-refractivity contribution in [1.29, 1.82) is 0 Å². The van der Waals surface area contributed by atoms with Crippen LogP contribution in [0.15, 0.2) is 45.6 Å². The van der Waals surface area contributed by atoms with E-state index in [2.05, 4.69) is 0 Å². The number of nitrogens with two attached hydrogens (primary N) is 1. The van der Waals surface area contributed by atoms with Crippen molar-refractivity contribution in [1.82, 2.24) is 4.57 Å². The Hall–Kier alpha value is -1.91. The number of halogens is 2. The van der Waals surface area contributed by atoms with Gasteiger partial charge in [0.2, 0.25) is 0 Å². The summed E-state index contributed by atoms with van der Waals surface area (Å²) in [6.45, 7) is 0.244. The molecule has 3 rings (SSSR count). The van der Waals surface area contributed by atoms with E-state index in [0.29, 0.717) is 32.4 Å². The van der Waals surface area contributed by atoms with Crippen molar-refractivity contribution in [3.8, 4) is 0 Å². The van der Waals surface area contributed by atoms with Crippen LogP contribution >= 0.6 is 23.2 Å². The van der Waals surface area contributed by atoms with Gasteiger partial charge in [-0.25, -0.2) is 4.79 Å². The number of aromatic nitrogens is 1. The second-order valence-electron chi connectivity index (χ2n) is 4.38. The van der Waals surface area contributed by atoms with Gasteiger partial charge in [0.15, 0.2) is 5.58 Å². The fraction of sp³-hybridized carbons (Fsp3) is 0.0714. The molecule has 0 aliphatic heterocycles. The molecule has 2 N–H and O–H groups in total. The van der Waals surface area contributed by atoms with Gasteiger partial charge in [-0.2, -0.15) is 0 Å². The first-order valence-corrected chi connectivity index (χ1v) is 6.63. The number of anilines is 1. The summed E-state index contributed by atoms with van der Waals surface area (Å²) in [4.78, 5) is 11.9. The van der Waals surface area contributed by atoms with Crippen molar-refractivity contribution in [2.24, 2.45) is 0 Å². The Morgan fingerprint density at radius 1 is 1.15 bits per heavy atom. The number of hydrogen-bond donors (Lipinski definition) is 1. The van der Waals surface area contributed by atoms with E-state index in [1.54, 1.807) is 36.4 Å². The van der Waals surface area contributed by atoms with Crippen LogP contribution in [-0.2, 0) is 6.54 Å². The van der Waals surface area contributed by atoms with E-state index >= 15 is 0 Å². The van der Waals surface area contributed by atoms with Crippen molar-refractivity contribution >= 4 is 40.0 Å². The molecule has 20 heavy (non-hydrogen) atoms. The van der Waals surface area contributed by atoms with Crippen LogP contribution in [-0.4, -0.2) is 4.57 Å². The van der Waals surface area contributed by atoms with Gasteiger partial charge < -0.3 is 10.2 Å². The topological polar surface area (TPSA) is 61.2 Å². The zero-order chi connectivity index (χ0) is 14.3. The average molecular weight is 309 g/mol. The molecule has 3 aromatic rings. The number of nitrogen functional groups attached to an aromatic ring is 1. The second-order valence-corrected chi connectivity index (χ2v) is 5.20. The van der Waals surface area contributed by atoms with Crippen molar-refractivity contribution in [2.45, 2.75) is 6.54 Å². The summed E-state index contributed by atoms with van der Waals surface area (Å²) in [7, 11) is 0. The van der Waals surface area contributed by atoms with Gasteiger partial charge in [0.05, 0.1) is 12.1 Å². The summed E-state index contributed by atoms with van der Waals surface area (Å²) < 4.78 is 6.65. The van der Waals surface area contributed by atoms with Gasteiger partial charge in [0, 0.05) is 27.4 Å². The van der Waals surface area contributed by atoms with E-state index < -0.39 is 5.76 Å². The lowest BCUT2D eigenvalue weighted by Crippen LogP contribution is -2.15. The molecule has 0 saturated carbocycles. The van der Waals surface area contributed by atoms with E-state index in [-0.39, 0.29) is 6.54 Å². The highest BCUT2D eigenvalue weighted by Gasteiger charge is 2.13. The highest BCUT2D eigenvalue weighted by Crippen LogP contribution is 2.26. The van der Waals surface area contributed by atoms with Gasteiger partial charge in [-0.15, -0.1) is 0 Å². The Morgan fingerprint density at radius 2 is 1.85 bits per heavy atom. The number of fused-ring (bicyclic) bond motifs is 1. The Bertz CT molecular complexity index is 832. The summed E-state index contributed by atoms with van der Waals surface area (Å²) >= 11 is 12.2. The maximum Gasteiger partial charge on any atom is 0.420 e. The molecular formula is C14H10Cl2N2O2. The quantitative estimate of drug-likeness (QED) is 0.737. The van der Waals surface area contributed by atoms with Crippen molar-refractivity contribution < 1.29 is 4.42 Å². The molecule has 0 saturated heterocycles. The van der Waals surface area contributed by atoms with Gasteiger partial charge in [-0.1, -0.05) is 29.3 Å². The third kappa shape index (κ3) is 2.17. The molecule has 0 radical (unpaired) electrons. The van der Waals surface area contributed by atoms with Crippen molar-refractivity contribution in [2.75, 3.05) is 5.73 Å². The maximum atomic E-state index is 11.9. The minimum atomic E-state index is -0.471. The van der Waals surface area contributed by atoms with Crippen LogP contribution in [0, 0.1) is 0 Å². The van der Waals surface area contributed by atoms with E-state index in [4.69, 9.17) is 33.4 Å². The summed E-state index contributed by atoms with van der Waals surface area (Å²) in [5.74, 6) is -0.471. The van der Waals surface area contributed by atoms with Gasteiger partial charge in [0.25, 0.3) is 0 Å². The lowest BCUT2D eigenvalue weighted by molar-refractivity contribution is 0.518. The van der Waals surface area contributed by atoms with Gasteiger partial charge in [-0.05, 0) is 24.3 Å². The molecule has 0 unspecified atom stereocenters. The number of rotatable bonds is 2. The Labute approximate surface area is 124 Å². The molecule has 0 amide bonds. The molecule has 0 atom stereocenters. The molecule has 0 aliphatic rings. The minimum absolute atomic E-state index is 0.244. The fourth-order valence-electron chi connectivity index (χ4n) is 2.07. The third-order valence-electron chi connectivity index (χ3n) is 3.07. The SMILES string of the molecule is Nc1ccc2c(c1)oc(=O)n2Cc1c(Cl)cccc1Cl. The smallest absolute Gasteiger partial charge is 0.408 e. The molecule has 102 valence electrons. The summed E-state index contributed by atoms with van der Waals surface area (Å²) in [6, 6.07) is 10.3. The second kappa shape index (κ2) is 4.89. The highest BCUT2D eigenvalue weighted by atomic mass is 35.5. The van der Waals surface area contributed by atoms with E-state index in [1.807, 2.05) is 0 Å². The van der Waals surface area contributed by atoms with Crippen LogP contribution < -0.4 is 11.5 Å². The molecule has 2 aromatic carbocycles.